The maximum atomic E-state index is 13.6. The van der Waals surface area contributed by atoms with Gasteiger partial charge in [-0.05, 0) is 39.9 Å². The number of aromatic nitrogens is 5. The first kappa shape index (κ1) is 19.7. The Hall–Kier alpha value is -3.58. The molecule has 2 aromatic carbocycles. The van der Waals surface area contributed by atoms with E-state index in [4.69, 9.17) is 10.9 Å². The number of alkyl halides is 3. The number of pyridine rings is 1. The van der Waals surface area contributed by atoms with Crippen LogP contribution in [0, 0.1) is 0 Å². The molecule has 154 valence electrons. The Morgan fingerprint density at radius 1 is 1.07 bits per heavy atom. The van der Waals surface area contributed by atoms with Crippen molar-refractivity contribution in [3.8, 4) is 22.5 Å². The van der Waals surface area contributed by atoms with Crippen molar-refractivity contribution in [3.63, 3.8) is 0 Å². The van der Waals surface area contributed by atoms with Crippen molar-refractivity contribution in [2.75, 3.05) is 5.73 Å². The predicted octanol–water partition coefficient (Wildman–Crippen LogP) is 2.33. The van der Waals surface area contributed by atoms with E-state index in [2.05, 4.69) is 25.6 Å². The highest BCUT2D eigenvalue weighted by Crippen LogP contribution is 2.43. The van der Waals surface area contributed by atoms with Gasteiger partial charge in [-0.1, -0.05) is 18.2 Å². The summed E-state index contributed by atoms with van der Waals surface area (Å²) in [6, 6.07) is 8.28. The first-order chi connectivity index (χ1) is 14.1. The minimum atomic E-state index is -4.98. The Balaban J connectivity index is 2.11. The molecule has 30 heavy (non-hydrogen) atoms. The third-order valence-electron chi connectivity index (χ3n) is 4.42. The molecule has 0 saturated carbocycles. The zero-order valence-electron chi connectivity index (χ0n) is 14.8. The van der Waals surface area contributed by atoms with Gasteiger partial charge >= 0.3 is 6.18 Å². The number of rotatable bonds is 3. The van der Waals surface area contributed by atoms with E-state index in [1.165, 1.54) is 6.20 Å². The van der Waals surface area contributed by atoms with Crippen LogP contribution in [0.5, 0.6) is 0 Å². The predicted molar refractivity (Wildman–Crippen MR) is 101 cm³/mol. The summed E-state index contributed by atoms with van der Waals surface area (Å²) in [4.78, 5) is 2.84. The normalized spacial score (nSPS) is 12.4. The van der Waals surface area contributed by atoms with Gasteiger partial charge in [-0.3, -0.25) is 0 Å². The lowest BCUT2D eigenvalue weighted by Gasteiger charge is -2.17. The topological polar surface area (TPSA) is 154 Å². The number of tetrazole rings is 1. The molecule has 0 aliphatic rings. The molecule has 0 aliphatic carbocycles. The zero-order valence-corrected chi connectivity index (χ0v) is 15.7. The summed E-state index contributed by atoms with van der Waals surface area (Å²) in [5.74, 6) is -0.0791. The number of aromatic amines is 1. The van der Waals surface area contributed by atoms with Crippen LogP contribution >= 0.6 is 0 Å². The maximum Gasteiger partial charge on any atom is 0.417 e. The Labute approximate surface area is 167 Å². The molecule has 2 heterocycles. The van der Waals surface area contributed by atoms with Gasteiger partial charge in [0.05, 0.1) is 11.1 Å². The first-order valence-corrected chi connectivity index (χ1v) is 9.77. The Morgan fingerprint density at radius 2 is 1.83 bits per heavy atom. The number of primary sulfonamides is 1. The van der Waals surface area contributed by atoms with E-state index in [1.807, 2.05) is 0 Å². The molecule has 13 heteroatoms. The zero-order chi connectivity index (χ0) is 21.7. The van der Waals surface area contributed by atoms with Gasteiger partial charge < -0.3 is 5.73 Å². The van der Waals surface area contributed by atoms with E-state index in [0.717, 1.165) is 6.07 Å². The number of H-pyrrole nitrogens is 1. The molecule has 0 aliphatic heterocycles. The molecule has 0 spiro atoms. The fraction of sp³-hybridized carbons (Fsp3) is 0.0588. The van der Waals surface area contributed by atoms with Crippen molar-refractivity contribution in [3.05, 3.63) is 48.2 Å². The summed E-state index contributed by atoms with van der Waals surface area (Å²) in [6.07, 6.45) is -3.51. The Morgan fingerprint density at radius 3 is 2.47 bits per heavy atom. The van der Waals surface area contributed by atoms with Gasteiger partial charge in [0.15, 0.2) is 0 Å². The highest BCUT2D eigenvalue weighted by molar-refractivity contribution is 7.89. The molecular formula is C17H12F3N7O2S. The summed E-state index contributed by atoms with van der Waals surface area (Å²) >= 11 is 0. The molecule has 0 saturated heterocycles. The number of sulfonamides is 1. The van der Waals surface area contributed by atoms with Crippen LogP contribution in [0.4, 0.5) is 19.0 Å². The molecule has 0 bridgehead atoms. The summed E-state index contributed by atoms with van der Waals surface area (Å²) in [6.45, 7) is 0. The molecule has 9 nitrogen and oxygen atoms in total. The number of anilines is 1. The van der Waals surface area contributed by atoms with E-state index in [9.17, 15) is 21.6 Å². The second-order valence-corrected chi connectivity index (χ2v) is 7.77. The van der Waals surface area contributed by atoms with Crippen LogP contribution in [0.1, 0.15) is 5.56 Å². The lowest BCUT2D eigenvalue weighted by atomic mass is 9.95. The third-order valence-corrected chi connectivity index (χ3v) is 5.42. The molecule has 4 rings (SSSR count). The number of hydrogen-bond donors (Lipinski definition) is 3. The first-order valence-electron chi connectivity index (χ1n) is 8.23. The van der Waals surface area contributed by atoms with Crippen LogP contribution in [0.25, 0.3) is 33.3 Å². The van der Waals surface area contributed by atoms with Crippen LogP contribution in [-0.2, 0) is 16.2 Å². The minimum Gasteiger partial charge on any atom is -0.383 e. The fourth-order valence-corrected chi connectivity index (χ4v) is 4.18. The molecule has 0 atom stereocenters. The molecule has 5 N–H and O–H groups in total. The summed E-state index contributed by atoms with van der Waals surface area (Å²) in [5, 5.41) is 19.3. The number of nitrogens with two attached hydrogens (primary N) is 2. The van der Waals surface area contributed by atoms with Crippen molar-refractivity contribution >= 4 is 26.6 Å². The lowest BCUT2D eigenvalue weighted by Crippen LogP contribution is -2.21. The average Bonchev–Trinajstić information content (AvgIpc) is 3.20. The van der Waals surface area contributed by atoms with Crippen molar-refractivity contribution in [1.29, 1.82) is 0 Å². The molecule has 4 aromatic rings. The van der Waals surface area contributed by atoms with Gasteiger partial charge in [0, 0.05) is 11.6 Å². The molecule has 0 fully saturated rings. The number of benzene rings is 2. The van der Waals surface area contributed by atoms with E-state index in [1.54, 1.807) is 24.3 Å². The van der Waals surface area contributed by atoms with Gasteiger partial charge in [-0.2, -0.15) is 18.4 Å². The lowest BCUT2D eigenvalue weighted by molar-refractivity contribution is -0.139. The van der Waals surface area contributed by atoms with Gasteiger partial charge in [0.25, 0.3) is 0 Å². The molecule has 0 unspecified atom stereocenters. The van der Waals surface area contributed by atoms with Crippen molar-refractivity contribution < 1.29 is 21.6 Å². The van der Waals surface area contributed by atoms with Crippen molar-refractivity contribution in [2.24, 2.45) is 5.14 Å². The van der Waals surface area contributed by atoms with Gasteiger partial charge in [0.1, 0.15) is 10.7 Å². The summed E-state index contributed by atoms with van der Waals surface area (Å²) in [7, 11) is -4.82. The second-order valence-electron chi connectivity index (χ2n) is 6.28. The molecule has 0 radical (unpaired) electrons. The van der Waals surface area contributed by atoms with Crippen LogP contribution in [-0.4, -0.2) is 34.0 Å². The number of halogens is 3. The number of nitrogen functional groups attached to an aromatic ring is 1. The highest BCUT2D eigenvalue weighted by Gasteiger charge is 2.39. The minimum absolute atomic E-state index is 0.116. The highest BCUT2D eigenvalue weighted by atomic mass is 32.2. The SMILES string of the molecule is Nc1nccc2cc(-c3ccc(C(F)(F)F)c(S(N)(=O)=O)c3-c3nn[nH]n3)ccc12. The molecule has 2 aromatic heterocycles. The third kappa shape index (κ3) is 3.33. The second kappa shape index (κ2) is 6.74. The van der Waals surface area contributed by atoms with Crippen LogP contribution in [0.2, 0.25) is 0 Å². The molecular weight excluding hydrogens is 423 g/mol. The van der Waals surface area contributed by atoms with E-state index in [-0.39, 0.29) is 17.2 Å². The van der Waals surface area contributed by atoms with Gasteiger partial charge in [0.2, 0.25) is 15.8 Å². The number of nitrogens with one attached hydrogen (secondary N) is 1. The van der Waals surface area contributed by atoms with Gasteiger partial charge in [-0.15, -0.1) is 10.2 Å². The van der Waals surface area contributed by atoms with Crippen molar-refractivity contribution in [2.45, 2.75) is 11.1 Å². The fourth-order valence-electron chi connectivity index (χ4n) is 3.20. The summed E-state index contributed by atoms with van der Waals surface area (Å²) < 4.78 is 65.2. The van der Waals surface area contributed by atoms with E-state index < -0.39 is 32.2 Å². The maximum absolute atomic E-state index is 13.6. The smallest absolute Gasteiger partial charge is 0.383 e. The van der Waals surface area contributed by atoms with E-state index >= 15 is 0 Å². The molecule has 0 amide bonds. The number of fused-ring (bicyclic) bond motifs is 1. The standard InChI is InChI=1S/C17H12F3N7O2S/c18-17(19,20)12-4-3-10(8-1-2-11-9(7-8)5-6-23-15(11)21)13(14(12)30(22,28)29)16-24-26-27-25-16/h1-7H,(H2,21,23)(H2,22,28,29)(H,24,25,26,27). The van der Waals surface area contributed by atoms with Crippen LogP contribution in [0.3, 0.4) is 0 Å². The largest absolute Gasteiger partial charge is 0.417 e. The monoisotopic (exact) mass is 435 g/mol. The van der Waals surface area contributed by atoms with E-state index in [0.29, 0.717) is 22.4 Å². The summed E-state index contributed by atoms with van der Waals surface area (Å²) in [5.41, 5.74) is 4.51. The Bertz CT molecular complexity index is 1370. The van der Waals surface area contributed by atoms with Crippen molar-refractivity contribution in [1.82, 2.24) is 25.6 Å². The quantitative estimate of drug-likeness (QED) is 0.446. The van der Waals surface area contributed by atoms with Crippen LogP contribution < -0.4 is 10.9 Å². The number of nitrogens with zero attached hydrogens (tertiary/aromatic N) is 4. The number of hydrogen-bond acceptors (Lipinski definition) is 7. The van der Waals surface area contributed by atoms with Crippen LogP contribution in [0.15, 0.2) is 47.5 Å². The Kier molecular flexibility index (Phi) is 4.43. The van der Waals surface area contributed by atoms with Gasteiger partial charge in [-0.25, -0.2) is 18.5 Å². The average molecular weight is 435 g/mol.